The highest BCUT2D eigenvalue weighted by Gasteiger charge is 2.42. The van der Waals surface area contributed by atoms with E-state index in [9.17, 15) is 4.79 Å². The topological polar surface area (TPSA) is 35.5 Å². The van der Waals surface area contributed by atoms with Gasteiger partial charge in [0.25, 0.3) is 0 Å². The predicted octanol–water partition coefficient (Wildman–Crippen LogP) is 3.78. The summed E-state index contributed by atoms with van der Waals surface area (Å²) in [6, 6.07) is 5.72. The van der Waals surface area contributed by atoms with Gasteiger partial charge in [-0.05, 0) is 50.7 Å². The largest absolute Gasteiger partial charge is 0.496 e. The van der Waals surface area contributed by atoms with Gasteiger partial charge in [0.05, 0.1) is 12.7 Å². The van der Waals surface area contributed by atoms with Crippen LogP contribution in [-0.2, 0) is 4.74 Å². The predicted molar refractivity (Wildman–Crippen MR) is 79.4 cm³/mol. The van der Waals surface area contributed by atoms with Crippen molar-refractivity contribution in [2.45, 2.75) is 45.1 Å². The molecule has 0 N–H and O–H groups in total. The molecular formula is C17H24O3. The quantitative estimate of drug-likeness (QED) is 0.785. The molecule has 2 rings (SSSR count). The molecule has 1 saturated carbocycles. The van der Waals surface area contributed by atoms with Gasteiger partial charge in [-0.1, -0.05) is 18.6 Å². The van der Waals surface area contributed by atoms with Crippen LogP contribution in [0.25, 0.3) is 0 Å². The number of ketones is 1. The molecule has 3 nitrogen and oxygen atoms in total. The van der Waals surface area contributed by atoms with Crippen molar-refractivity contribution in [3.05, 3.63) is 29.3 Å². The maximum absolute atomic E-state index is 13.0. The molecule has 1 aromatic rings. The molecule has 0 bridgehead atoms. The number of hydrogen-bond acceptors (Lipinski definition) is 3. The van der Waals surface area contributed by atoms with Crippen molar-refractivity contribution in [2.24, 2.45) is 5.92 Å². The Hall–Kier alpha value is -1.35. The molecule has 0 aliphatic heterocycles. The van der Waals surface area contributed by atoms with Crippen molar-refractivity contribution in [3.63, 3.8) is 0 Å². The molecule has 1 aliphatic rings. The van der Waals surface area contributed by atoms with Crippen LogP contribution in [0.15, 0.2) is 18.2 Å². The number of Topliss-reactive ketones (excluding diaryl/α,β-unsaturated/α-hetero) is 1. The number of carbonyl (C=O) groups is 1. The number of hydrogen-bond donors (Lipinski definition) is 0. The number of methoxy groups -OCH3 is 2. The second-order valence-electron chi connectivity index (χ2n) is 5.91. The Morgan fingerprint density at radius 2 is 1.90 bits per heavy atom. The molecule has 110 valence electrons. The van der Waals surface area contributed by atoms with Gasteiger partial charge >= 0.3 is 0 Å². The van der Waals surface area contributed by atoms with E-state index < -0.39 is 5.60 Å². The molecule has 0 radical (unpaired) electrons. The highest BCUT2D eigenvalue weighted by Crippen LogP contribution is 2.38. The first-order chi connectivity index (χ1) is 9.52. The summed E-state index contributed by atoms with van der Waals surface area (Å²) in [5.41, 5.74) is 1.03. The first kappa shape index (κ1) is 15.0. The molecular weight excluding hydrogens is 252 g/mol. The van der Waals surface area contributed by atoms with E-state index in [0.717, 1.165) is 31.2 Å². The molecule has 0 heterocycles. The van der Waals surface area contributed by atoms with Crippen LogP contribution in [0.1, 0.15) is 48.5 Å². The molecule has 0 spiro atoms. The monoisotopic (exact) mass is 276 g/mol. The van der Waals surface area contributed by atoms with Gasteiger partial charge in [0.2, 0.25) is 0 Å². The Balaban J connectivity index is 2.36. The Morgan fingerprint density at radius 3 is 2.45 bits per heavy atom. The summed E-state index contributed by atoms with van der Waals surface area (Å²) in [4.78, 5) is 13.0. The lowest BCUT2D eigenvalue weighted by Crippen LogP contribution is -2.44. The number of benzene rings is 1. The minimum atomic E-state index is -0.673. The van der Waals surface area contributed by atoms with Crippen molar-refractivity contribution in [3.8, 4) is 5.75 Å². The number of rotatable bonds is 4. The van der Waals surface area contributed by atoms with Crippen LogP contribution in [0, 0.1) is 12.8 Å². The molecule has 1 fully saturated rings. The fourth-order valence-corrected chi connectivity index (χ4v) is 3.00. The number of carbonyl (C=O) groups excluding carboxylic acids is 1. The van der Waals surface area contributed by atoms with Crippen LogP contribution >= 0.6 is 0 Å². The SMILES string of the molecule is COc1ccc(C)cc1C(=O)C1(OC)CCC(C)CC1. The Bertz CT molecular complexity index is 485. The lowest BCUT2D eigenvalue weighted by atomic mass is 9.75. The summed E-state index contributed by atoms with van der Waals surface area (Å²) in [6.45, 7) is 4.22. The Labute approximate surface area is 121 Å². The first-order valence-electron chi connectivity index (χ1n) is 7.27. The van der Waals surface area contributed by atoms with Crippen LogP contribution in [-0.4, -0.2) is 25.6 Å². The lowest BCUT2D eigenvalue weighted by molar-refractivity contribution is -0.0264. The minimum Gasteiger partial charge on any atom is -0.496 e. The molecule has 1 aliphatic carbocycles. The molecule has 1 aromatic carbocycles. The second kappa shape index (κ2) is 5.96. The third kappa shape index (κ3) is 2.73. The number of aryl methyl sites for hydroxylation is 1. The highest BCUT2D eigenvalue weighted by atomic mass is 16.5. The highest BCUT2D eigenvalue weighted by molar-refractivity contribution is 6.04. The summed E-state index contributed by atoms with van der Waals surface area (Å²) in [5.74, 6) is 1.37. The van der Waals surface area contributed by atoms with Crippen LogP contribution in [0.2, 0.25) is 0 Å². The zero-order valence-electron chi connectivity index (χ0n) is 12.9. The fourth-order valence-electron chi connectivity index (χ4n) is 3.00. The van der Waals surface area contributed by atoms with Gasteiger partial charge in [-0.2, -0.15) is 0 Å². The van der Waals surface area contributed by atoms with Gasteiger partial charge < -0.3 is 9.47 Å². The van der Waals surface area contributed by atoms with Gasteiger partial charge in [0.15, 0.2) is 5.78 Å². The van der Waals surface area contributed by atoms with E-state index in [0.29, 0.717) is 17.2 Å². The molecule has 0 saturated heterocycles. The average molecular weight is 276 g/mol. The van der Waals surface area contributed by atoms with Gasteiger partial charge in [0.1, 0.15) is 11.4 Å². The summed E-state index contributed by atoms with van der Waals surface area (Å²) in [7, 11) is 3.25. The molecule has 0 unspecified atom stereocenters. The lowest BCUT2D eigenvalue weighted by Gasteiger charge is -2.37. The molecule has 0 aromatic heterocycles. The minimum absolute atomic E-state index is 0.0625. The van der Waals surface area contributed by atoms with E-state index in [1.807, 2.05) is 25.1 Å². The molecule has 3 heteroatoms. The second-order valence-corrected chi connectivity index (χ2v) is 5.91. The van der Waals surface area contributed by atoms with Gasteiger partial charge in [-0.3, -0.25) is 4.79 Å². The summed E-state index contributed by atoms with van der Waals surface area (Å²) in [5, 5.41) is 0. The normalized spacial score (nSPS) is 26.3. The van der Waals surface area contributed by atoms with E-state index in [2.05, 4.69) is 6.92 Å². The van der Waals surface area contributed by atoms with Crippen LogP contribution in [0.4, 0.5) is 0 Å². The number of ether oxygens (including phenoxy) is 2. The Kier molecular flexibility index (Phi) is 4.48. The third-order valence-electron chi connectivity index (χ3n) is 4.49. The van der Waals surface area contributed by atoms with E-state index >= 15 is 0 Å². The van der Waals surface area contributed by atoms with E-state index in [1.165, 1.54) is 0 Å². The van der Waals surface area contributed by atoms with Crippen LogP contribution < -0.4 is 4.74 Å². The Morgan fingerprint density at radius 1 is 1.25 bits per heavy atom. The van der Waals surface area contributed by atoms with Gasteiger partial charge in [-0.15, -0.1) is 0 Å². The van der Waals surface area contributed by atoms with Gasteiger partial charge in [0, 0.05) is 7.11 Å². The van der Waals surface area contributed by atoms with Crippen molar-refractivity contribution in [1.29, 1.82) is 0 Å². The zero-order chi connectivity index (χ0) is 14.8. The van der Waals surface area contributed by atoms with Crippen molar-refractivity contribution >= 4 is 5.78 Å². The smallest absolute Gasteiger partial charge is 0.198 e. The van der Waals surface area contributed by atoms with Crippen LogP contribution in [0.3, 0.4) is 0 Å². The van der Waals surface area contributed by atoms with E-state index in [1.54, 1.807) is 14.2 Å². The van der Waals surface area contributed by atoms with Crippen LogP contribution in [0.5, 0.6) is 5.75 Å². The van der Waals surface area contributed by atoms with Crippen molar-refractivity contribution < 1.29 is 14.3 Å². The maximum atomic E-state index is 13.0. The summed E-state index contributed by atoms with van der Waals surface area (Å²) in [6.07, 6.45) is 3.66. The zero-order valence-corrected chi connectivity index (χ0v) is 12.9. The summed E-state index contributed by atoms with van der Waals surface area (Å²) < 4.78 is 11.0. The van der Waals surface area contributed by atoms with E-state index in [-0.39, 0.29) is 5.78 Å². The maximum Gasteiger partial charge on any atom is 0.198 e. The molecule has 0 amide bonds. The molecule has 20 heavy (non-hydrogen) atoms. The van der Waals surface area contributed by atoms with Crippen molar-refractivity contribution in [2.75, 3.05) is 14.2 Å². The molecule has 0 atom stereocenters. The summed E-state index contributed by atoms with van der Waals surface area (Å²) >= 11 is 0. The van der Waals surface area contributed by atoms with Crippen molar-refractivity contribution in [1.82, 2.24) is 0 Å². The van der Waals surface area contributed by atoms with E-state index in [4.69, 9.17) is 9.47 Å². The average Bonchev–Trinajstić information content (AvgIpc) is 2.47. The fraction of sp³-hybridized carbons (Fsp3) is 0.588. The first-order valence-corrected chi connectivity index (χ1v) is 7.27. The standard InChI is InChI=1S/C17H24O3/c1-12-7-9-17(20-4,10-8-12)16(18)14-11-13(2)5-6-15(14)19-3/h5-6,11-12H,7-10H2,1-4H3. The third-order valence-corrected chi connectivity index (χ3v) is 4.49. The van der Waals surface area contributed by atoms with Gasteiger partial charge in [-0.25, -0.2) is 0 Å².